The SMILES string of the molecule is c1ccc(CN2CCC3(CC2)Oc2ccccc2[C@@H]2CC(c4ccc(-c5ccccc5)cc4)=NN23)cc1. The summed E-state index contributed by atoms with van der Waals surface area (Å²) in [5.74, 6) is 1.02. The fourth-order valence-corrected chi connectivity index (χ4v) is 6.12. The number of fused-ring (bicyclic) bond motifs is 4. The number of piperidine rings is 1. The Balaban J connectivity index is 1.16. The van der Waals surface area contributed by atoms with Gasteiger partial charge in [-0.05, 0) is 28.3 Å². The summed E-state index contributed by atoms with van der Waals surface area (Å²) in [5, 5.41) is 7.59. The van der Waals surface area contributed by atoms with Crippen LogP contribution in [0, 0.1) is 0 Å². The highest BCUT2D eigenvalue weighted by Crippen LogP contribution is 2.50. The summed E-state index contributed by atoms with van der Waals surface area (Å²) in [6.07, 6.45) is 2.78. The lowest BCUT2D eigenvalue weighted by molar-refractivity contribution is -0.150. The van der Waals surface area contributed by atoms with Crippen molar-refractivity contribution in [2.45, 2.75) is 37.6 Å². The highest BCUT2D eigenvalue weighted by atomic mass is 16.5. The monoisotopic (exact) mass is 485 g/mol. The van der Waals surface area contributed by atoms with Crippen LogP contribution in [-0.4, -0.2) is 34.4 Å². The zero-order valence-corrected chi connectivity index (χ0v) is 21.0. The van der Waals surface area contributed by atoms with Gasteiger partial charge in [-0.1, -0.05) is 103 Å². The van der Waals surface area contributed by atoms with Crippen LogP contribution >= 0.6 is 0 Å². The molecular formula is C33H31N3O. The van der Waals surface area contributed by atoms with E-state index in [1.54, 1.807) is 0 Å². The van der Waals surface area contributed by atoms with Crippen LogP contribution in [0.2, 0.25) is 0 Å². The van der Waals surface area contributed by atoms with Crippen LogP contribution < -0.4 is 4.74 Å². The fourth-order valence-electron chi connectivity index (χ4n) is 6.12. The first-order valence-electron chi connectivity index (χ1n) is 13.3. The van der Waals surface area contributed by atoms with E-state index in [0.29, 0.717) is 0 Å². The van der Waals surface area contributed by atoms with Crippen LogP contribution in [-0.2, 0) is 6.54 Å². The van der Waals surface area contributed by atoms with Gasteiger partial charge in [0.25, 0.3) is 0 Å². The zero-order chi connectivity index (χ0) is 24.7. The number of rotatable bonds is 4. The minimum atomic E-state index is -0.391. The molecule has 184 valence electrons. The Bertz CT molecular complexity index is 1410. The number of para-hydroxylation sites is 1. The van der Waals surface area contributed by atoms with Gasteiger partial charge in [-0.15, -0.1) is 0 Å². The lowest BCUT2D eigenvalue weighted by Crippen LogP contribution is -2.59. The second-order valence-electron chi connectivity index (χ2n) is 10.4. The number of hydrazone groups is 1. The van der Waals surface area contributed by atoms with Crippen molar-refractivity contribution in [3.63, 3.8) is 0 Å². The summed E-state index contributed by atoms with van der Waals surface area (Å²) in [7, 11) is 0. The molecule has 3 aliphatic heterocycles. The third kappa shape index (κ3) is 4.11. The van der Waals surface area contributed by atoms with Gasteiger partial charge in [-0.25, -0.2) is 5.01 Å². The molecule has 4 aromatic carbocycles. The molecule has 0 amide bonds. The maximum Gasteiger partial charge on any atom is 0.200 e. The van der Waals surface area contributed by atoms with Crippen molar-refractivity contribution in [2.24, 2.45) is 5.10 Å². The van der Waals surface area contributed by atoms with Crippen LogP contribution in [0.3, 0.4) is 0 Å². The molecule has 0 aliphatic carbocycles. The molecule has 4 nitrogen and oxygen atoms in total. The normalized spacial score (nSPS) is 20.2. The van der Waals surface area contributed by atoms with E-state index in [0.717, 1.165) is 50.4 Å². The van der Waals surface area contributed by atoms with Crippen molar-refractivity contribution in [1.82, 2.24) is 9.91 Å². The average Bonchev–Trinajstić information content (AvgIpc) is 3.43. The highest BCUT2D eigenvalue weighted by Gasteiger charge is 2.51. The smallest absolute Gasteiger partial charge is 0.200 e. The molecule has 1 atom stereocenters. The minimum Gasteiger partial charge on any atom is -0.466 e. The number of ether oxygens (including phenoxy) is 1. The molecular weight excluding hydrogens is 454 g/mol. The number of hydrogen-bond acceptors (Lipinski definition) is 4. The maximum absolute atomic E-state index is 6.83. The van der Waals surface area contributed by atoms with Crippen molar-refractivity contribution in [2.75, 3.05) is 13.1 Å². The molecule has 0 radical (unpaired) electrons. The van der Waals surface area contributed by atoms with Gasteiger partial charge >= 0.3 is 0 Å². The van der Waals surface area contributed by atoms with Crippen LogP contribution in [0.1, 0.15) is 42.0 Å². The lowest BCUT2D eigenvalue weighted by Gasteiger charge is -2.51. The summed E-state index contributed by atoms with van der Waals surface area (Å²) in [4.78, 5) is 2.54. The predicted octanol–water partition coefficient (Wildman–Crippen LogP) is 6.89. The van der Waals surface area contributed by atoms with E-state index in [9.17, 15) is 0 Å². The molecule has 0 aromatic heterocycles. The van der Waals surface area contributed by atoms with E-state index in [2.05, 4.69) is 119 Å². The van der Waals surface area contributed by atoms with Gasteiger partial charge in [-0.3, -0.25) is 4.90 Å². The van der Waals surface area contributed by atoms with E-state index in [1.165, 1.54) is 27.8 Å². The molecule has 7 rings (SSSR count). The highest BCUT2D eigenvalue weighted by molar-refractivity contribution is 6.02. The average molecular weight is 486 g/mol. The maximum atomic E-state index is 6.83. The fraction of sp³-hybridized carbons (Fsp3) is 0.242. The molecule has 4 aromatic rings. The summed E-state index contributed by atoms with van der Waals surface area (Å²) < 4.78 is 6.83. The van der Waals surface area contributed by atoms with Crippen LogP contribution in [0.15, 0.2) is 114 Å². The first kappa shape index (κ1) is 22.3. The summed E-state index contributed by atoms with van der Waals surface area (Å²) >= 11 is 0. The molecule has 0 saturated carbocycles. The largest absolute Gasteiger partial charge is 0.466 e. The quantitative estimate of drug-likeness (QED) is 0.315. The van der Waals surface area contributed by atoms with Crippen molar-refractivity contribution < 1.29 is 4.74 Å². The molecule has 37 heavy (non-hydrogen) atoms. The van der Waals surface area contributed by atoms with Crippen molar-refractivity contribution in [3.05, 3.63) is 126 Å². The van der Waals surface area contributed by atoms with Crippen LogP contribution in [0.4, 0.5) is 0 Å². The van der Waals surface area contributed by atoms with Gasteiger partial charge in [0.2, 0.25) is 5.72 Å². The second kappa shape index (κ2) is 9.20. The molecule has 0 bridgehead atoms. The van der Waals surface area contributed by atoms with E-state index in [-0.39, 0.29) is 6.04 Å². The molecule has 3 aliphatic rings. The summed E-state index contributed by atoms with van der Waals surface area (Å²) in [6.45, 7) is 2.98. The molecule has 0 N–H and O–H groups in total. The predicted molar refractivity (Wildman–Crippen MR) is 148 cm³/mol. The van der Waals surface area contributed by atoms with Crippen molar-refractivity contribution in [3.8, 4) is 16.9 Å². The number of likely N-dealkylation sites (tertiary alicyclic amines) is 1. The topological polar surface area (TPSA) is 28.1 Å². The standard InChI is InChI=1S/C33H31N3O/c1-3-9-25(10-4-1)24-35-21-19-33(20-22-35)36-31(29-13-7-8-14-32(29)37-33)23-30(34-36)28-17-15-27(16-18-28)26-11-5-2-6-12-26/h1-18,31H,19-24H2/t31-/m0/s1. The van der Waals surface area contributed by atoms with Crippen molar-refractivity contribution >= 4 is 5.71 Å². The molecule has 4 heteroatoms. The molecule has 1 spiro atoms. The van der Waals surface area contributed by atoms with Gasteiger partial charge in [0.15, 0.2) is 0 Å². The Hall–Kier alpha value is -3.89. The molecule has 1 fully saturated rings. The van der Waals surface area contributed by atoms with E-state index < -0.39 is 5.72 Å². The van der Waals surface area contributed by atoms with E-state index in [4.69, 9.17) is 9.84 Å². The van der Waals surface area contributed by atoms with Gasteiger partial charge in [-0.2, -0.15) is 5.10 Å². The Labute approximate surface area is 218 Å². The van der Waals surface area contributed by atoms with Gasteiger partial charge < -0.3 is 4.74 Å². The van der Waals surface area contributed by atoms with Crippen LogP contribution in [0.5, 0.6) is 5.75 Å². The summed E-state index contributed by atoms with van der Waals surface area (Å²) in [5.41, 5.74) is 7.04. The summed E-state index contributed by atoms with van der Waals surface area (Å²) in [6, 6.07) is 39.0. The molecule has 1 saturated heterocycles. The first-order valence-corrected chi connectivity index (χ1v) is 13.3. The van der Waals surface area contributed by atoms with Crippen molar-refractivity contribution in [1.29, 1.82) is 0 Å². The Kier molecular flexibility index (Phi) is 5.55. The molecule has 0 unspecified atom stereocenters. The number of hydrogen-bond donors (Lipinski definition) is 0. The van der Waals surface area contributed by atoms with Gasteiger partial charge in [0.1, 0.15) is 5.75 Å². The van der Waals surface area contributed by atoms with E-state index >= 15 is 0 Å². The zero-order valence-electron chi connectivity index (χ0n) is 21.0. The number of benzene rings is 4. The van der Waals surface area contributed by atoms with Gasteiger partial charge in [0, 0.05) is 44.5 Å². The third-order valence-electron chi connectivity index (χ3n) is 8.12. The van der Waals surface area contributed by atoms with E-state index in [1.807, 2.05) is 0 Å². The van der Waals surface area contributed by atoms with Gasteiger partial charge in [0.05, 0.1) is 11.8 Å². The Morgan fingerprint density at radius 1 is 0.703 bits per heavy atom. The Morgan fingerprint density at radius 2 is 1.32 bits per heavy atom. The molecule has 3 heterocycles. The Morgan fingerprint density at radius 3 is 2.08 bits per heavy atom. The number of nitrogens with zero attached hydrogens (tertiary/aromatic N) is 3. The third-order valence-corrected chi connectivity index (χ3v) is 8.12. The van der Waals surface area contributed by atoms with Crippen LogP contribution in [0.25, 0.3) is 11.1 Å². The lowest BCUT2D eigenvalue weighted by atomic mass is 9.90. The first-order chi connectivity index (χ1) is 18.3. The minimum absolute atomic E-state index is 0.217. The second-order valence-corrected chi connectivity index (χ2v) is 10.4.